The summed E-state index contributed by atoms with van der Waals surface area (Å²) >= 11 is 0. The van der Waals surface area contributed by atoms with E-state index in [4.69, 9.17) is 4.74 Å². The first-order chi connectivity index (χ1) is 7.09. The number of hydrogen-bond donors (Lipinski definition) is 1. The summed E-state index contributed by atoms with van der Waals surface area (Å²) < 4.78 is 5.07. The van der Waals surface area contributed by atoms with Crippen molar-refractivity contribution in [3.8, 4) is 0 Å². The summed E-state index contributed by atoms with van der Waals surface area (Å²) in [5.74, 6) is 0. The van der Waals surface area contributed by atoms with Crippen molar-refractivity contribution in [3.05, 3.63) is 42.5 Å². The molecular formula is C12H15NO2. The molecule has 0 saturated carbocycles. The lowest BCUT2D eigenvalue weighted by atomic mass is 10.2. The minimum absolute atomic E-state index is 0.270. The summed E-state index contributed by atoms with van der Waals surface area (Å²) in [6.07, 6.45) is -0.731. The molecule has 0 heterocycles. The van der Waals surface area contributed by atoms with E-state index in [0.29, 0.717) is 0 Å². The Morgan fingerprint density at radius 1 is 1.40 bits per heavy atom. The standard InChI is InChI=1S/C12H15NO2/c1-9(2)10(3)15-12(14)13-11-7-5-4-6-8-11/h4-8,10H,1H2,2-3H3,(H,13,14)/t10-/m0/s1. The summed E-state index contributed by atoms with van der Waals surface area (Å²) in [5.41, 5.74) is 1.54. The first kappa shape index (κ1) is 11.3. The van der Waals surface area contributed by atoms with Gasteiger partial charge in [0.05, 0.1) is 0 Å². The number of para-hydroxylation sites is 1. The Kier molecular flexibility index (Phi) is 3.92. The van der Waals surface area contributed by atoms with Crippen molar-refractivity contribution in [1.29, 1.82) is 0 Å². The molecular weight excluding hydrogens is 190 g/mol. The molecule has 0 unspecified atom stereocenters. The topological polar surface area (TPSA) is 38.3 Å². The van der Waals surface area contributed by atoms with E-state index in [1.165, 1.54) is 0 Å². The Morgan fingerprint density at radius 2 is 2.00 bits per heavy atom. The number of benzene rings is 1. The molecule has 0 aromatic heterocycles. The van der Waals surface area contributed by atoms with Crippen molar-refractivity contribution in [1.82, 2.24) is 0 Å². The summed E-state index contributed by atoms with van der Waals surface area (Å²) in [4.78, 5) is 11.4. The first-order valence-electron chi connectivity index (χ1n) is 4.77. The van der Waals surface area contributed by atoms with Crippen LogP contribution in [0, 0.1) is 0 Å². The molecule has 0 spiro atoms. The Bertz CT molecular complexity index is 346. The van der Waals surface area contributed by atoms with Gasteiger partial charge in [-0.1, -0.05) is 24.8 Å². The molecule has 0 fully saturated rings. The Labute approximate surface area is 89.8 Å². The average Bonchev–Trinajstić information content (AvgIpc) is 2.18. The third-order valence-electron chi connectivity index (χ3n) is 2.00. The van der Waals surface area contributed by atoms with Crippen molar-refractivity contribution >= 4 is 11.8 Å². The van der Waals surface area contributed by atoms with Gasteiger partial charge in [0.15, 0.2) is 0 Å². The molecule has 1 N–H and O–H groups in total. The van der Waals surface area contributed by atoms with E-state index >= 15 is 0 Å². The third kappa shape index (κ3) is 3.85. The van der Waals surface area contributed by atoms with Gasteiger partial charge < -0.3 is 4.74 Å². The summed E-state index contributed by atoms with van der Waals surface area (Å²) in [6.45, 7) is 7.31. The predicted molar refractivity (Wildman–Crippen MR) is 60.8 cm³/mol. The highest BCUT2D eigenvalue weighted by Crippen LogP contribution is 2.08. The number of nitrogens with one attached hydrogen (secondary N) is 1. The fraction of sp³-hybridized carbons (Fsp3) is 0.250. The van der Waals surface area contributed by atoms with Crippen molar-refractivity contribution in [2.24, 2.45) is 0 Å². The number of amides is 1. The number of carbonyl (C=O) groups excluding carboxylic acids is 1. The van der Waals surface area contributed by atoms with Crippen molar-refractivity contribution in [2.75, 3.05) is 5.32 Å². The number of hydrogen-bond acceptors (Lipinski definition) is 2. The fourth-order valence-electron chi connectivity index (χ4n) is 0.930. The molecule has 80 valence electrons. The smallest absolute Gasteiger partial charge is 0.412 e. The van der Waals surface area contributed by atoms with E-state index in [0.717, 1.165) is 11.3 Å². The maximum atomic E-state index is 11.4. The van der Waals surface area contributed by atoms with Gasteiger partial charge in [0, 0.05) is 5.69 Å². The number of anilines is 1. The molecule has 1 amide bonds. The van der Waals surface area contributed by atoms with Crippen LogP contribution in [0.1, 0.15) is 13.8 Å². The van der Waals surface area contributed by atoms with Crippen LogP contribution in [0.3, 0.4) is 0 Å². The minimum Gasteiger partial charge on any atom is -0.442 e. The summed E-state index contributed by atoms with van der Waals surface area (Å²) in [7, 11) is 0. The maximum absolute atomic E-state index is 11.4. The molecule has 0 aliphatic heterocycles. The quantitative estimate of drug-likeness (QED) is 0.769. The lowest BCUT2D eigenvalue weighted by Gasteiger charge is -2.13. The molecule has 3 heteroatoms. The van der Waals surface area contributed by atoms with Gasteiger partial charge in [0.1, 0.15) is 6.10 Å². The van der Waals surface area contributed by atoms with E-state index in [1.54, 1.807) is 19.1 Å². The van der Waals surface area contributed by atoms with Crippen molar-refractivity contribution < 1.29 is 9.53 Å². The van der Waals surface area contributed by atoms with Crippen LogP contribution in [-0.4, -0.2) is 12.2 Å². The number of rotatable bonds is 3. The molecule has 0 aliphatic carbocycles. The monoisotopic (exact) mass is 205 g/mol. The molecule has 1 atom stereocenters. The van der Waals surface area contributed by atoms with Gasteiger partial charge in [-0.05, 0) is 31.6 Å². The SMILES string of the molecule is C=C(C)[C@H](C)OC(=O)Nc1ccccc1. The molecule has 1 aromatic carbocycles. The zero-order valence-electron chi connectivity index (χ0n) is 8.99. The molecule has 15 heavy (non-hydrogen) atoms. The molecule has 0 bridgehead atoms. The van der Waals surface area contributed by atoms with Gasteiger partial charge in [-0.2, -0.15) is 0 Å². The molecule has 3 nitrogen and oxygen atoms in total. The molecule has 1 aromatic rings. The normalized spacial score (nSPS) is 11.6. The zero-order valence-corrected chi connectivity index (χ0v) is 8.99. The summed E-state index contributed by atoms with van der Waals surface area (Å²) in [6, 6.07) is 9.17. The van der Waals surface area contributed by atoms with E-state index in [-0.39, 0.29) is 6.10 Å². The second-order valence-electron chi connectivity index (χ2n) is 3.38. The van der Waals surface area contributed by atoms with Gasteiger partial charge >= 0.3 is 6.09 Å². The number of ether oxygens (including phenoxy) is 1. The van der Waals surface area contributed by atoms with Crippen molar-refractivity contribution in [2.45, 2.75) is 20.0 Å². The van der Waals surface area contributed by atoms with Crippen LogP contribution >= 0.6 is 0 Å². The van der Waals surface area contributed by atoms with Crippen LogP contribution < -0.4 is 5.32 Å². The van der Waals surface area contributed by atoms with Gasteiger partial charge in [0.25, 0.3) is 0 Å². The molecule has 0 saturated heterocycles. The second-order valence-corrected chi connectivity index (χ2v) is 3.38. The lowest BCUT2D eigenvalue weighted by molar-refractivity contribution is 0.137. The number of carbonyl (C=O) groups is 1. The first-order valence-corrected chi connectivity index (χ1v) is 4.77. The van der Waals surface area contributed by atoms with Gasteiger partial charge in [-0.3, -0.25) is 5.32 Å². The highest BCUT2D eigenvalue weighted by atomic mass is 16.6. The third-order valence-corrected chi connectivity index (χ3v) is 2.00. The van der Waals surface area contributed by atoms with Gasteiger partial charge in [-0.25, -0.2) is 4.79 Å². The van der Waals surface area contributed by atoms with Crippen LogP contribution in [0.5, 0.6) is 0 Å². The van der Waals surface area contributed by atoms with Crippen molar-refractivity contribution in [3.63, 3.8) is 0 Å². The van der Waals surface area contributed by atoms with E-state index < -0.39 is 6.09 Å². The predicted octanol–water partition coefficient (Wildman–Crippen LogP) is 3.20. The Hall–Kier alpha value is -1.77. The highest BCUT2D eigenvalue weighted by Gasteiger charge is 2.09. The lowest BCUT2D eigenvalue weighted by Crippen LogP contribution is -2.20. The van der Waals surface area contributed by atoms with E-state index in [1.807, 2.05) is 25.1 Å². The maximum Gasteiger partial charge on any atom is 0.412 e. The largest absolute Gasteiger partial charge is 0.442 e. The average molecular weight is 205 g/mol. The van der Waals surface area contributed by atoms with Crippen LogP contribution in [0.4, 0.5) is 10.5 Å². The fourth-order valence-corrected chi connectivity index (χ4v) is 0.930. The summed E-state index contributed by atoms with van der Waals surface area (Å²) in [5, 5.41) is 2.63. The van der Waals surface area contributed by atoms with Crippen LogP contribution in [0.15, 0.2) is 42.5 Å². The second kappa shape index (κ2) is 5.20. The Morgan fingerprint density at radius 3 is 2.53 bits per heavy atom. The van der Waals surface area contributed by atoms with Crippen LogP contribution in [0.2, 0.25) is 0 Å². The van der Waals surface area contributed by atoms with Crippen LogP contribution in [-0.2, 0) is 4.74 Å². The highest BCUT2D eigenvalue weighted by molar-refractivity contribution is 5.84. The van der Waals surface area contributed by atoms with Gasteiger partial charge in [-0.15, -0.1) is 0 Å². The Balaban J connectivity index is 2.47. The molecule has 0 radical (unpaired) electrons. The molecule has 1 rings (SSSR count). The molecule has 0 aliphatic rings. The van der Waals surface area contributed by atoms with Gasteiger partial charge in [0.2, 0.25) is 0 Å². The van der Waals surface area contributed by atoms with Crippen LogP contribution in [0.25, 0.3) is 0 Å². The van der Waals surface area contributed by atoms with E-state index in [9.17, 15) is 4.79 Å². The minimum atomic E-state index is -0.461. The van der Waals surface area contributed by atoms with E-state index in [2.05, 4.69) is 11.9 Å². The zero-order chi connectivity index (χ0) is 11.3.